The van der Waals surface area contributed by atoms with E-state index in [1.807, 2.05) is 19.9 Å². The summed E-state index contributed by atoms with van der Waals surface area (Å²) in [5.74, 6) is 1.09. The fourth-order valence-corrected chi connectivity index (χ4v) is 1.38. The maximum Gasteiger partial charge on any atom is 0.177 e. The smallest absolute Gasteiger partial charge is 0.177 e. The molecule has 0 bridgehead atoms. The van der Waals surface area contributed by atoms with E-state index in [1.54, 1.807) is 10.6 Å². The molecule has 0 amide bonds. The van der Waals surface area contributed by atoms with Gasteiger partial charge in [0.2, 0.25) is 0 Å². The average molecular weight is 201 g/mol. The molecular formula is C10H11N5. The van der Waals surface area contributed by atoms with Crippen molar-refractivity contribution in [1.82, 2.24) is 19.8 Å². The number of nitriles is 1. The lowest BCUT2D eigenvalue weighted by Gasteiger charge is -2.02. The largest absolute Gasteiger partial charge is 0.198 e. The third-order valence-electron chi connectivity index (χ3n) is 2.12. The molecule has 0 N–H and O–H groups in total. The second-order valence-electron chi connectivity index (χ2n) is 3.64. The highest BCUT2D eigenvalue weighted by atomic mass is 15.4. The van der Waals surface area contributed by atoms with E-state index in [0.29, 0.717) is 6.42 Å². The van der Waals surface area contributed by atoms with E-state index in [9.17, 15) is 0 Å². The predicted octanol–water partition coefficient (Wildman–Crippen LogP) is 1.31. The zero-order chi connectivity index (χ0) is 10.8. The standard InChI is InChI=1S/C10H11N5/c1-7(2)10-13-12-9-4-3-8(5-6-11)14-15(9)10/h3-4,7H,5H2,1-2H3. The lowest BCUT2D eigenvalue weighted by molar-refractivity contribution is 0.712. The van der Waals surface area contributed by atoms with Crippen LogP contribution in [0.3, 0.4) is 0 Å². The van der Waals surface area contributed by atoms with Gasteiger partial charge in [-0.2, -0.15) is 14.9 Å². The van der Waals surface area contributed by atoms with E-state index >= 15 is 0 Å². The zero-order valence-electron chi connectivity index (χ0n) is 8.68. The van der Waals surface area contributed by atoms with E-state index in [4.69, 9.17) is 5.26 Å². The van der Waals surface area contributed by atoms with Crippen LogP contribution in [-0.4, -0.2) is 19.8 Å². The van der Waals surface area contributed by atoms with E-state index < -0.39 is 0 Å². The van der Waals surface area contributed by atoms with E-state index in [1.165, 1.54) is 0 Å². The Morgan fingerprint density at radius 2 is 2.20 bits per heavy atom. The van der Waals surface area contributed by atoms with Gasteiger partial charge >= 0.3 is 0 Å². The summed E-state index contributed by atoms with van der Waals surface area (Å²) in [6.07, 6.45) is 0.311. The fourth-order valence-electron chi connectivity index (χ4n) is 1.38. The van der Waals surface area contributed by atoms with Crippen LogP contribution in [0, 0.1) is 11.3 Å². The molecule has 0 radical (unpaired) electrons. The monoisotopic (exact) mass is 201 g/mol. The van der Waals surface area contributed by atoms with Crippen LogP contribution in [-0.2, 0) is 6.42 Å². The van der Waals surface area contributed by atoms with Gasteiger partial charge in [0.1, 0.15) is 0 Å². The molecule has 0 aliphatic rings. The molecule has 0 spiro atoms. The van der Waals surface area contributed by atoms with Crippen molar-refractivity contribution in [3.63, 3.8) is 0 Å². The van der Waals surface area contributed by atoms with Gasteiger partial charge in [0, 0.05) is 5.92 Å². The van der Waals surface area contributed by atoms with Crippen molar-refractivity contribution in [3.05, 3.63) is 23.7 Å². The van der Waals surface area contributed by atoms with Gasteiger partial charge < -0.3 is 0 Å². The summed E-state index contributed by atoms with van der Waals surface area (Å²) >= 11 is 0. The van der Waals surface area contributed by atoms with Crippen molar-refractivity contribution in [2.45, 2.75) is 26.2 Å². The van der Waals surface area contributed by atoms with Crippen molar-refractivity contribution >= 4 is 5.65 Å². The quantitative estimate of drug-likeness (QED) is 0.734. The summed E-state index contributed by atoms with van der Waals surface area (Å²) in [4.78, 5) is 0. The van der Waals surface area contributed by atoms with Gasteiger partial charge in [0.15, 0.2) is 11.5 Å². The molecule has 0 atom stereocenters. The van der Waals surface area contributed by atoms with Crippen LogP contribution in [0.25, 0.3) is 5.65 Å². The predicted molar refractivity (Wildman–Crippen MR) is 54.2 cm³/mol. The van der Waals surface area contributed by atoms with Gasteiger partial charge in [-0.1, -0.05) is 13.8 Å². The molecule has 0 unspecified atom stereocenters. The Bertz CT molecular complexity index is 520. The number of rotatable bonds is 2. The topological polar surface area (TPSA) is 66.9 Å². The number of hydrogen-bond donors (Lipinski definition) is 0. The van der Waals surface area contributed by atoms with Crippen molar-refractivity contribution < 1.29 is 0 Å². The van der Waals surface area contributed by atoms with Gasteiger partial charge in [-0.25, -0.2) is 0 Å². The maximum atomic E-state index is 8.59. The highest BCUT2D eigenvalue weighted by Crippen LogP contribution is 2.12. The first kappa shape index (κ1) is 9.59. The minimum atomic E-state index is 0.268. The zero-order valence-corrected chi connectivity index (χ0v) is 8.68. The van der Waals surface area contributed by atoms with Gasteiger partial charge in [-0.15, -0.1) is 10.2 Å². The Balaban J connectivity index is 2.57. The molecule has 2 aromatic rings. The van der Waals surface area contributed by atoms with Crippen LogP contribution >= 0.6 is 0 Å². The molecule has 2 aromatic heterocycles. The Kier molecular flexibility index (Phi) is 2.34. The first-order chi connectivity index (χ1) is 7.22. The molecule has 0 aromatic carbocycles. The second-order valence-corrected chi connectivity index (χ2v) is 3.64. The molecule has 5 heteroatoms. The number of aromatic nitrogens is 4. The van der Waals surface area contributed by atoms with E-state index in [0.717, 1.165) is 17.2 Å². The molecule has 2 rings (SSSR count). The van der Waals surface area contributed by atoms with Crippen LogP contribution in [0.1, 0.15) is 31.3 Å². The molecular weight excluding hydrogens is 190 g/mol. The van der Waals surface area contributed by atoms with Crippen LogP contribution in [0.5, 0.6) is 0 Å². The lowest BCUT2D eigenvalue weighted by Crippen LogP contribution is -2.03. The van der Waals surface area contributed by atoms with Gasteiger partial charge in [0.05, 0.1) is 18.2 Å². The molecule has 5 nitrogen and oxygen atoms in total. The summed E-state index contributed by atoms with van der Waals surface area (Å²) in [6, 6.07) is 5.71. The second kappa shape index (κ2) is 3.65. The van der Waals surface area contributed by atoms with Crippen molar-refractivity contribution in [1.29, 1.82) is 5.26 Å². The Morgan fingerprint density at radius 1 is 1.40 bits per heavy atom. The molecule has 0 saturated carbocycles. The Hall–Kier alpha value is -1.96. The first-order valence-corrected chi connectivity index (χ1v) is 4.80. The Labute approximate surface area is 87.4 Å². The molecule has 0 fully saturated rings. The van der Waals surface area contributed by atoms with Gasteiger partial charge in [-0.05, 0) is 12.1 Å². The third-order valence-corrected chi connectivity index (χ3v) is 2.12. The summed E-state index contributed by atoms with van der Waals surface area (Å²) in [5, 5.41) is 21.0. The normalized spacial score (nSPS) is 10.8. The summed E-state index contributed by atoms with van der Waals surface area (Å²) in [7, 11) is 0. The SMILES string of the molecule is CC(C)c1nnc2ccc(CC#N)nn12. The first-order valence-electron chi connectivity index (χ1n) is 4.80. The molecule has 0 saturated heterocycles. The van der Waals surface area contributed by atoms with Gasteiger partial charge in [-0.3, -0.25) is 0 Å². The molecule has 15 heavy (non-hydrogen) atoms. The highest BCUT2D eigenvalue weighted by molar-refractivity contribution is 5.36. The van der Waals surface area contributed by atoms with Crippen molar-refractivity contribution in [3.8, 4) is 6.07 Å². The number of fused-ring (bicyclic) bond motifs is 1. The minimum Gasteiger partial charge on any atom is -0.198 e. The van der Waals surface area contributed by atoms with Gasteiger partial charge in [0.25, 0.3) is 0 Å². The van der Waals surface area contributed by atoms with Crippen LogP contribution in [0.2, 0.25) is 0 Å². The number of nitrogens with zero attached hydrogens (tertiary/aromatic N) is 5. The van der Waals surface area contributed by atoms with Crippen LogP contribution < -0.4 is 0 Å². The highest BCUT2D eigenvalue weighted by Gasteiger charge is 2.10. The summed E-state index contributed by atoms with van der Waals surface area (Å²) in [5.41, 5.74) is 1.46. The third kappa shape index (κ3) is 1.66. The minimum absolute atomic E-state index is 0.268. The Morgan fingerprint density at radius 3 is 2.87 bits per heavy atom. The molecule has 2 heterocycles. The fraction of sp³-hybridized carbons (Fsp3) is 0.400. The molecule has 76 valence electrons. The maximum absolute atomic E-state index is 8.59. The number of hydrogen-bond acceptors (Lipinski definition) is 4. The molecule has 0 aliphatic carbocycles. The molecule has 0 aliphatic heterocycles. The van der Waals surface area contributed by atoms with Crippen molar-refractivity contribution in [2.24, 2.45) is 0 Å². The average Bonchev–Trinajstić information content (AvgIpc) is 2.61. The van der Waals surface area contributed by atoms with E-state index in [-0.39, 0.29) is 5.92 Å². The van der Waals surface area contributed by atoms with Crippen LogP contribution in [0.4, 0.5) is 0 Å². The van der Waals surface area contributed by atoms with Crippen molar-refractivity contribution in [2.75, 3.05) is 0 Å². The summed E-state index contributed by atoms with van der Waals surface area (Å²) in [6.45, 7) is 4.07. The summed E-state index contributed by atoms with van der Waals surface area (Å²) < 4.78 is 1.71. The lowest BCUT2D eigenvalue weighted by atomic mass is 10.2. The van der Waals surface area contributed by atoms with Crippen LogP contribution in [0.15, 0.2) is 12.1 Å². The van der Waals surface area contributed by atoms with E-state index in [2.05, 4.69) is 21.4 Å².